The predicted octanol–water partition coefficient (Wildman–Crippen LogP) is 2.83. The highest BCUT2D eigenvalue weighted by Crippen LogP contribution is 2.49. The second-order valence-electron chi connectivity index (χ2n) is 7.99. The van der Waals surface area contributed by atoms with E-state index in [9.17, 15) is 9.59 Å². The summed E-state index contributed by atoms with van der Waals surface area (Å²) in [6.07, 6.45) is 5.47. The maximum Gasteiger partial charge on any atom is 0.306 e. The lowest BCUT2D eigenvalue weighted by atomic mass is 9.86. The minimum Gasteiger partial charge on any atom is -0.456 e. The molecule has 0 aromatic heterocycles. The largest absolute Gasteiger partial charge is 0.456 e. The third kappa shape index (κ3) is 4.61. The molecule has 1 N–H and O–H groups in total. The molecule has 1 saturated heterocycles. The number of esters is 1. The van der Waals surface area contributed by atoms with Crippen LogP contribution >= 0.6 is 0 Å². The van der Waals surface area contributed by atoms with Crippen molar-refractivity contribution < 1.29 is 19.1 Å². The van der Waals surface area contributed by atoms with Gasteiger partial charge in [-0.15, -0.1) is 0 Å². The normalized spacial score (nSPS) is 26.8. The number of amides is 1. The van der Waals surface area contributed by atoms with E-state index in [2.05, 4.69) is 10.2 Å². The fourth-order valence-corrected chi connectivity index (χ4v) is 4.82. The van der Waals surface area contributed by atoms with Crippen LogP contribution in [0.15, 0.2) is 24.3 Å². The van der Waals surface area contributed by atoms with Gasteiger partial charge in [-0.3, -0.25) is 9.59 Å². The van der Waals surface area contributed by atoms with Crippen LogP contribution < -0.4 is 10.2 Å². The van der Waals surface area contributed by atoms with Crippen molar-refractivity contribution in [1.29, 1.82) is 0 Å². The van der Waals surface area contributed by atoms with Gasteiger partial charge in [0.25, 0.3) is 5.91 Å². The van der Waals surface area contributed by atoms with Gasteiger partial charge in [0.05, 0.1) is 13.2 Å². The van der Waals surface area contributed by atoms with Crippen LogP contribution in [0.2, 0.25) is 0 Å². The molecule has 1 aromatic rings. The van der Waals surface area contributed by atoms with Crippen LogP contribution in [-0.2, 0) is 19.1 Å². The molecule has 3 aliphatic rings. The van der Waals surface area contributed by atoms with Crippen molar-refractivity contribution in [2.24, 2.45) is 17.8 Å². The van der Waals surface area contributed by atoms with Crippen LogP contribution in [-0.4, -0.2) is 44.8 Å². The number of benzene rings is 1. The molecule has 2 aliphatic carbocycles. The Bertz CT molecular complexity index is 669. The molecular weight excluding hydrogens is 344 g/mol. The molecule has 3 atom stereocenters. The zero-order chi connectivity index (χ0) is 18.6. The van der Waals surface area contributed by atoms with Gasteiger partial charge in [0.15, 0.2) is 6.61 Å². The van der Waals surface area contributed by atoms with Gasteiger partial charge in [-0.05, 0) is 61.3 Å². The molecule has 27 heavy (non-hydrogen) atoms. The summed E-state index contributed by atoms with van der Waals surface area (Å²) in [6.45, 7) is 3.03. The fourth-order valence-electron chi connectivity index (χ4n) is 4.82. The van der Waals surface area contributed by atoms with Crippen LogP contribution in [0.25, 0.3) is 0 Å². The van der Waals surface area contributed by atoms with Crippen LogP contribution in [0.1, 0.15) is 32.1 Å². The predicted molar refractivity (Wildman–Crippen MR) is 103 cm³/mol. The minimum absolute atomic E-state index is 0.217. The van der Waals surface area contributed by atoms with E-state index in [1.807, 2.05) is 24.3 Å². The molecule has 2 saturated carbocycles. The molecule has 0 unspecified atom stereocenters. The molecular formula is C21H28N2O4. The van der Waals surface area contributed by atoms with Gasteiger partial charge in [0.1, 0.15) is 0 Å². The van der Waals surface area contributed by atoms with Crippen LogP contribution in [0.4, 0.5) is 11.4 Å². The van der Waals surface area contributed by atoms with E-state index in [1.165, 1.54) is 19.3 Å². The number of nitrogens with zero attached hydrogens (tertiary/aromatic N) is 1. The average molecular weight is 372 g/mol. The van der Waals surface area contributed by atoms with E-state index >= 15 is 0 Å². The summed E-state index contributed by atoms with van der Waals surface area (Å²) in [5, 5.41) is 2.79. The number of carbonyl (C=O) groups excluding carboxylic acids is 2. The summed E-state index contributed by atoms with van der Waals surface area (Å²) in [7, 11) is 0. The lowest BCUT2D eigenvalue weighted by molar-refractivity contribution is -0.148. The molecule has 6 nitrogen and oxygen atoms in total. The zero-order valence-corrected chi connectivity index (χ0v) is 15.7. The van der Waals surface area contributed by atoms with E-state index in [1.54, 1.807) is 0 Å². The monoisotopic (exact) mass is 372 g/mol. The van der Waals surface area contributed by atoms with Crippen molar-refractivity contribution in [2.75, 3.05) is 43.1 Å². The third-order valence-electron chi connectivity index (χ3n) is 6.20. The Morgan fingerprint density at radius 3 is 2.56 bits per heavy atom. The van der Waals surface area contributed by atoms with Crippen molar-refractivity contribution in [1.82, 2.24) is 0 Å². The van der Waals surface area contributed by atoms with E-state index in [0.29, 0.717) is 23.9 Å². The maximum atomic E-state index is 12.1. The number of rotatable bonds is 6. The Balaban J connectivity index is 1.19. The van der Waals surface area contributed by atoms with Gasteiger partial charge >= 0.3 is 5.97 Å². The summed E-state index contributed by atoms with van der Waals surface area (Å²) >= 11 is 0. The van der Waals surface area contributed by atoms with Gasteiger partial charge in [0.2, 0.25) is 0 Å². The summed E-state index contributed by atoms with van der Waals surface area (Å²) in [5.74, 6) is 1.44. The first-order valence-corrected chi connectivity index (χ1v) is 10.1. The lowest BCUT2D eigenvalue weighted by Gasteiger charge is -2.28. The van der Waals surface area contributed by atoms with Crippen molar-refractivity contribution in [3.63, 3.8) is 0 Å². The third-order valence-corrected chi connectivity index (χ3v) is 6.20. The molecule has 4 rings (SSSR count). The average Bonchev–Trinajstić information content (AvgIpc) is 3.31. The Morgan fingerprint density at radius 2 is 1.89 bits per heavy atom. The first-order chi connectivity index (χ1) is 13.2. The van der Waals surface area contributed by atoms with Gasteiger partial charge in [-0.25, -0.2) is 0 Å². The van der Waals surface area contributed by atoms with Crippen LogP contribution in [0.3, 0.4) is 0 Å². The lowest BCUT2D eigenvalue weighted by Crippen LogP contribution is -2.36. The van der Waals surface area contributed by atoms with Crippen molar-refractivity contribution >= 4 is 23.3 Å². The SMILES string of the molecule is O=C(COC(=O)C[C@H]1C[C@@H]2CC[C@@H]1C2)Nc1ccc(N2CCOCC2)cc1. The van der Waals surface area contributed by atoms with Gasteiger partial charge in [0, 0.05) is 30.9 Å². The molecule has 6 heteroatoms. The van der Waals surface area contributed by atoms with Gasteiger partial charge < -0.3 is 19.7 Å². The van der Waals surface area contributed by atoms with Crippen molar-refractivity contribution in [3.8, 4) is 0 Å². The number of fused-ring (bicyclic) bond motifs is 2. The zero-order valence-electron chi connectivity index (χ0n) is 15.7. The number of ether oxygens (including phenoxy) is 2. The topological polar surface area (TPSA) is 67.9 Å². The Hall–Kier alpha value is -2.08. The van der Waals surface area contributed by atoms with E-state index in [0.717, 1.165) is 44.3 Å². The maximum absolute atomic E-state index is 12.1. The molecule has 1 heterocycles. The summed E-state index contributed by atoms with van der Waals surface area (Å²) < 4.78 is 10.6. The molecule has 0 spiro atoms. The fraction of sp³-hybridized carbons (Fsp3) is 0.619. The second-order valence-corrected chi connectivity index (χ2v) is 7.99. The standard InChI is InChI=1S/C21H28N2O4/c24-20(14-27-21(25)13-17-12-15-1-2-16(17)11-15)22-18-3-5-19(6-4-18)23-7-9-26-10-8-23/h3-6,15-17H,1-2,7-14H2,(H,22,24)/t15-,16-,17-/m1/s1. The molecule has 2 bridgehead atoms. The molecule has 1 amide bonds. The second kappa shape index (κ2) is 8.30. The smallest absolute Gasteiger partial charge is 0.306 e. The Labute approximate surface area is 160 Å². The highest BCUT2D eigenvalue weighted by atomic mass is 16.5. The molecule has 0 radical (unpaired) electrons. The number of anilines is 2. The molecule has 3 fully saturated rings. The van der Waals surface area contributed by atoms with E-state index < -0.39 is 0 Å². The molecule has 146 valence electrons. The number of nitrogens with one attached hydrogen (secondary N) is 1. The van der Waals surface area contributed by atoms with Gasteiger partial charge in [-0.2, -0.15) is 0 Å². The summed E-state index contributed by atoms with van der Waals surface area (Å²) in [6, 6.07) is 7.73. The number of morpholine rings is 1. The number of carbonyl (C=O) groups is 2. The highest BCUT2D eigenvalue weighted by Gasteiger charge is 2.40. The van der Waals surface area contributed by atoms with Crippen molar-refractivity contribution in [2.45, 2.75) is 32.1 Å². The van der Waals surface area contributed by atoms with Crippen molar-refractivity contribution in [3.05, 3.63) is 24.3 Å². The Kier molecular flexibility index (Phi) is 5.62. The molecule has 1 aliphatic heterocycles. The molecule has 1 aromatic carbocycles. The Morgan fingerprint density at radius 1 is 1.11 bits per heavy atom. The van der Waals surface area contributed by atoms with E-state index in [-0.39, 0.29) is 18.5 Å². The first-order valence-electron chi connectivity index (χ1n) is 10.1. The van der Waals surface area contributed by atoms with Gasteiger partial charge in [-0.1, -0.05) is 6.42 Å². The quantitative estimate of drug-likeness (QED) is 0.778. The number of hydrogen-bond donors (Lipinski definition) is 1. The minimum atomic E-state index is -0.296. The van der Waals surface area contributed by atoms with E-state index in [4.69, 9.17) is 9.47 Å². The number of hydrogen-bond acceptors (Lipinski definition) is 5. The van der Waals surface area contributed by atoms with Crippen LogP contribution in [0.5, 0.6) is 0 Å². The highest BCUT2D eigenvalue weighted by molar-refractivity contribution is 5.92. The summed E-state index contributed by atoms with van der Waals surface area (Å²) in [4.78, 5) is 26.3. The first kappa shape index (κ1) is 18.3. The summed E-state index contributed by atoms with van der Waals surface area (Å²) in [5.41, 5.74) is 1.83. The van der Waals surface area contributed by atoms with Crippen LogP contribution in [0, 0.1) is 17.8 Å².